The first-order valence-corrected chi connectivity index (χ1v) is 5.71. The lowest BCUT2D eigenvalue weighted by atomic mass is 10.1. The standard InChI is InChI=1S/C13H11FN2O4/c1-15(8-10-3-2-6-20-10)13(17)11-7-9(16(18)19)4-5-12(11)14/h2-7H,8H2,1H3. The Kier molecular flexibility index (Phi) is 3.79. The van der Waals surface area contributed by atoms with Gasteiger partial charge in [0.1, 0.15) is 11.6 Å². The van der Waals surface area contributed by atoms with Crippen molar-refractivity contribution in [2.45, 2.75) is 6.54 Å². The molecular formula is C13H11FN2O4. The Labute approximate surface area is 113 Å². The van der Waals surface area contributed by atoms with E-state index in [9.17, 15) is 19.3 Å². The van der Waals surface area contributed by atoms with E-state index in [1.54, 1.807) is 12.1 Å². The topological polar surface area (TPSA) is 76.6 Å². The second-order valence-electron chi connectivity index (χ2n) is 4.16. The van der Waals surface area contributed by atoms with Crippen LogP contribution in [0.1, 0.15) is 16.1 Å². The summed E-state index contributed by atoms with van der Waals surface area (Å²) >= 11 is 0. The van der Waals surface area contributed by atoms with E-state index >= 15 is 0 Å². The average molecular weight is 278 g/mol. The molecule has 0 unspecified atom stereocenters. The van der Waals surface area contributed by atoms with Crippen molar-refractivity contribution in [1.29, 1.82) is 0 Å². The van der Waals surface area contributed by atoms with Gasteiger partial charge in [0.25, 0.3) is 11.6 Å². The van der Waals surface area contributed by atoms with Crippen molar-refractivity contribution in [2.24, 2.45) is 0 Å². The molecule has 0 saturated heterocycles. The largest absolute Gasteiger partial charge is 0.467 e. The first kappa shape index (κ1) is 13.7. The van der Waals surface area contributed by atoms with Gasteiger partial charge < -0.3 is 9.32 Å². The number of nitro benzene ring substituents is 1. The predicted octanol–water partition coefficient (Wildman–Crippen LogP) is 2.60. The quantitative estimate of drug-likeness (QED) is 0.636. The lowest BCUT2D eigenvalue weighted by Gasteiger charge is -2.16. The number of non-ortho nitro benzene ring substituents is 1. The maximum absolute atomic E-state index is 13.6. The molecule has 0 aliphatic heterocycles. The summed E-state index contributed by atoms with van der Waals surface area (Å²) in [5.74, 6) is -0.916. The van der Waals surface area contributed by atoms with Gasteiger partial charge in [-0.2, -0.15) is 0 Å². The highest BCUT2D eigenvalue weighted by Crippen LogP contribution is 2.19. The second-order valence-corrected chi connectivity index (χ2v) is 4.16. The van der Waals surface area contributed by atoms with E-state index in [0.29, 0.717) is 5.76 Å². The van der Waals surface area contributed by atoms with Gasteiger partial charge in [-0.15, -0.1) is 0 Å². The Balaban J connectivity index is 2.23. The Morgan fingerprint density at radius 1 is 1.45 bits per heavy atom. The molecule has 1 heterocycles. The molecule has 1 aromatic carbocycles. The minimum absolute atomic E-state index is 0.147. The van der Waals surface area contributed by atoms with E-state index in [2.05, 4.69) is 0 Å². The molecule has 0 N–H and O–H groups in total. The van der Waals surface area contributed by atoms with Gasteiger partial charge in [0.15, 0.2) is 0 Å². The van der Waals surface area contributed by atoms with Gasteiger partial charge >= 0.3 is 0 Å². The van der Waals surface area contributed by atoms with Gasteiger partial charge in [-0.1, -0.05) is 0 Å². The molecule has 0 bridgehead atoms. The van der Waals surface area contributed by atoms with Crippen LogP contribution in [0.3, 0.4) is 0 Å². The van der Waals surface area contributed by atoms with Crippen LogP contribution < -0.4 is 0 Å². The third-order valence-corrected chi connectivity index (χ3v) is 2.71. The van der Waals surface area contributed by atoms with Crippen LogP contribution >= 0.6 is 0 Å². The third-order valence-electron chi connectivity index (χ3n) is 2.71. The second kappa shape index (κ2) is 5.52. The summed E-state index contributed by atoms with van der Waals surface area (Å²) in [5, 5.41) is 10.7. The smallest absolute Gasteiger partial charge is 0.270 e. The fraction of sp³-hybridized carbons (Fsp3) is 0.154. The van der Waals surface area contributed by atoms with Crippen molar-refractivity contribution in [2.75, 3.05) is 7.05 Å². The molecule has 1 aromatic heterocycles. The fourth-order valence-electron chi connectivity index (χ4n) is 1.70. The normalized spacial score (nSPS) is 10.3. The number of carbonyl (C=O) groups excluding carboxylic acids is 1. The molecule has 1 amide bonds. The van der Waals surface area contributed by atoms with Crippen LogP contribution in [0.15, 0.2) is 41.0 Å². The molecule has 0 aliphatic carbocycles. The number of amides is 1. The van der Waals surface area contributed by atoms with Gasteiger partial charge in [-0.25, -0.2) is 4.39 Å². The van der Waals surface area contributed by atoms with E-state index in [4.69, 9.17) is 4.42 Å². The van der Waals surface area contributed by atoms with Crippen molar-refractivity contribution in [1.82, 2.24) is 4.90 Å². The van der Waals surface area contributed by atoms with Crippen molar-refractivity contribution < 1.29 is 18.5 Å². The number of carbonyl (C=O) groups is 1. The molecule has 6 nitrogen and oxygen atoms in total. The summed E-state index contributed by atoms with van der Waals surface area (Å²) in [7, 11) is 1.46. The van der Waals surface area contributed by atoms with E-state index in [1.807, 2.05) is 0 Å². The third kappa shape index (κ3) is 2.82. The van der Waals surface area contributed by atoms with Crippen LogP contribution in [-0.2, 0) is 6.54 Å². The maximum Gasteiger partial charge on any atom is 0.270 e. The summed E-state index contributed by atoms with van der Waals surface area (Å²) in [4.78, 5) is 23.3. The lowest BCUT2D eigenvalue weighted by molar-refractivity contribution is -0.384. The van der Waals surface area contributed by atoms with Crippen LogP contribution in [0.2, 0.25) is 0 Å². The minimum atomic E-state index is -0.799. The molecule has 0 aliphatic rings. The minimum Gasteiger partial charge on any atom is -0.467 e. The number of halogens is 1. The number of rotatable bonds is 4. The summed E-state index contributed by atoms with van der Waals surface area (Å²) in [6.07, 6.45) is 1.46. The molecule has 0 saturated carbocycles. The number of furan rings is 1. The van der Waals surface area contributed by atoms with E-state index in [1.165, 1.54) is 18.2 Å². The molecule has 2 aromatic rings. The van der Waals surface area contributed by atoms with Gasteiger partial charge in [0, 0.05) is 19.2 Å². The zero-order chi connectivity index (χ0) is 14.7. The van der Waals surface area contributed by atoms with Crippen molar-refractivity contribution in [3.05, 3.63) is 63.9 Å². The molecule has 0 atom stereocenters. The summed E-state index contributed by atoms with van der Waals surface area (Å²) in [6, 6.07) is 6.19. The summed E-state index contributed by atoms with van der Waals surface area (Å²) < 4.78 is 18.7. The monoisotopic (exact) mass is 278 g/mol. The van der Waals surface area contributed by atoms with Crippen molar-refractivity contribution >= 4 is 11.6 Å². The first-order valence-electron chi connectivity index (χ1n) is 5.71. The van der Waals surface area contributed by atoms with Crippen LogP contribution in [0, 0.1) is 15.9 Å². The van der Waals surface area contributed by atoms with Gasteiger partial charge in [0.05, 0.1) is 23.3 Å². The molecule has 2 rings (SSSR count). The number of hydrogen-bond donors (Lipinski definition) is 0. The predicted molar refractivity (Wildman–Crippen MR) is 67.6 cm³/mol. The highest BCUT2D eigenvalue weighted by molar-refractivity contribution is 5.94. The zero-order valence-electron chi connectivity index (χ0n) is 10.6. The summed E-state index contributed by atoms with van der Waals surface area (Å²) in [6.45, 7) is 0.147. The molecule has 20 heavy (non-hydrogen) atoms. The molecule has 7 heteroatoms. The first-order chi connectivity index (χ1) is 9.49. The van der Waals surface area contributed by atoms with E-state index < -0.39 is 16.6 Å². The van der Waals surface area contributed by atoms with Crippen LogP contribution in [0.4, 0.5) is 10.1 Å². The number of hydrogen-bond acceptors (Lipinski definition) is 4. The molecule has 0 radical (unpaired) electrons. The van der Waals surface area contributed by atoms with Gasteiger partial charge in [-0.3, -0.25) is 14.9 Å². The summed E-state index contributed by atoms with van der Waals surface area (Å²) in [5.41, 5.74) is -0.672. The molecule has 0 spiro atoms. The molecule has 0 fully saturated rings. The van der Waals surface area contributed by atoms with Crippen LogP contribution in [-0.4, -0.2) is 22.8 Å². The number of benzene rings is 1. The average Bonchev–Trinajstić information content (AvgIpc) is 2.91. The van der Waals surface area contributed by atoms with Crippen molar-refractivity contribution in [3.63, 3.8) is 0 Å². The van der Waals surface area contributed by atoms with Crippen LogP contribution in [0.5, 0.6) is 0 Å². The Morgan fingerprint density at radius 2 is 2.20 bits per heavy atom. The molecule has 104 valence electrons. The Hall–Kier alpha value is -2.70. The Morgan fingerprint density at radius 3 is 2.80 bits per heavy atom. The maximum atomic E-state index is 13.6. The van der Waals surface area contributed by atoms with E-state index in [-0.39, 0.29) is 17.8 Å². The Bertz CT molecular complexity index is 640. The highest BCUT2D eigenvalue weighted by atomic mass is 19.1. The number of nitrogens with zero attached hydrogens (tertiary/aromatic N) is 2. The lowest BCUT2D eigenvalue weighted by Crippen LogP contribution is -2.26. The fourth-order valence-corrected chi connectivity index (χ4v) is 1.70. The van der Waals surface area contributed by atoms with Gasteiger partial charge in [0.2, 0.25) is 0 Å². The molecular weight excluding hydrogens is 267 g/mol. The van der Waals surface area contributed by atoms with Gasteiger partial charge in [-0.05, 0) is 18.2 Å². The SMILES string of the molecule is CN(Cc1ccco1)C(=O)c1cc([N+](=O)[O-])ccc1F. The zero-order valence-corrected chi connectivity index (χ0v) is 10.6. The number of nitro groups is 1. The highest BCUT2D eigenvalue weighted by Gasteiger charge is 2.20. The van der Waals surface area contributed by atoms with Crippen LogP contribution in [0.25, 0.3) is 0 Å². The van der Waals surface area contributed by atoms with Crippen molar-refractivity contribution in [3.8, 4) is 0 Å². The van der Waals surface area contributed by atoms with E-state index in [0.717, 1.165) is 18.2 Å².